The second-order valence-corrected chi connectivity index (χ2v) is 23.5. The summed E-state index contributed by atoms with van der Waals surface area (Å²) in [5, 5.41) is 27.0. The van der Waals surface area contributed by atoms with Crippen molar-refractivity contribution in [2.45, 2.75) is 188 Å². The summed E-state index contributed by atoms with van der Waals surface area (Å²) in [6, 6.07) is 8.95. The molecule has 0 aromatic heterocycles. The fourth-order valence-electron chi connectivity index (χ4n) is 10.8. The van der Waals surface area contributed by atoms with E-state index in [0.717, 1.165) is 5.56 Å². The maximum Gasteiger partial charge on any atom is 0.410 e. The van der Waals surface area contributed by atoms with Gasteiger partial charge in [-0.15, -0.1) is 0 Å². The van der Waals surface area contributed by atoms with Crippen molar-refractivity contribution in [2.75, 3.05) is 46.7 Å². The summed E-state index contributed by atoms with van der Waals surface area (Å²) in [6.07, 6.45) is -0.0168. The first-order valence-corrected chi connectivity index (χ1v) is 29.5. The number of nitrogens with two attached hydrogens (primary N) is 1. The molecule has 23 heteroatoms. The number of methoxy groups -OCH3 is 2. The van der Waals surface area contributed by atoms with Gasteiger partial charge in [0, 0.05) is 59.6 Å². The van der Waals surface area contributed by atoms with Gasteiger partial charge >= 0.3 is 18.1 Å². The number of anilines is 1. The molecule has 23 nitrogen and oxygen atoms in total. The number of urea groups is 1. The van der Waals surface area contributed by atoms with Crippen LogP contribution in [0.25, 0.3) is 0 Å². The van der Waals surface area contributed by atoms with Crippen molar-refractivity contribution < 1.29 is 62.5 Å². The summed E-state index contributed by atoms with van der Waals surface area (Å²) in [7, 11) is 6.02. The second kappa shape index (κ2) is 34.8. The summed E-state index contributed by atoms with van der Waals surface area (Å²) in [5.74, 6) is -5.69. The van der Waals surface area contributed by atoms with Gasteiger partial charge in [-0.05, 0) is 72.6 Å². The number of nitrogens with zero attached hydrogens (tertiary/aromatic N) is 3. The molecule has 0 aliphatic carbocycles. The van der Waals surface area contributed by atoms with Crippen molar-refractivity contribution >= 4 is 59.2 Å². The van der Waals surface area contributed by atoms with Crippen LogP contribution >= 0.6 is 0 Å². The molecule has 9 N–H and O–H groups in total. The first-order valence-electron chi connectivity index (χ1n) is 29.5. The van der Waals surface area contributed by atoms with Crippen molar-refractivity contribution in [3.63, 3.8) is 0 Å². The van der Waals surface area contributed by atoms with Gasteiger partial charge in [0.05, 0.1) is 42.7 Å². The van der Waals surface area contributed by atoms with Gasteiger partial charge in [-0.1, -0.05) is 125 Å². The molecule has 1 aliphatic heterocycles. The fourth-order valence-corrected chi connectivity index (χ4v) is 10.8. The molecule has 1 saturated heterocycles. The zero-order valence-electron chi connectivity index (χ0n) is 52.2. The third-order valence-electron chi connectivity index (χ3n) is 15.6. The third-order valence-corrected chi connectivity index (χ3v) is 15.6. The number of carbonyl (C=O) groups is 9. The molecule has 0 bridgehead atoms. The van der Waals surface area contributed by atoms with Crippen LogP contribution in [0.3, 0.4) is 0 Å². The number of rotatable bonds is 34. The molecular weight excluding hydrogens is 1080 g/mol. The average molecular weight is 1180 g/mol. The van der Waals surface area contributed by atoms with Crippen molar-refractivity contribution in [2.24, 2.45) is 35.3 Å². The van der Waals surface area contributed by atoms with Gasteiger partial charge in [-0.3, -0.25) is 33.7 Å². The number of carboxylic acids is 1. The van der Waals surface area contributed by atoms with E-state index in [1.165, 1.54) is 31.1 Å². The van der Waals surface area contributed by atoms with E-state index in [1.54, 1.807) is 95.1 Å². The van der Waals surface area contributed by atoms with Crippen molar-refractivity contribution in [1.29, 1.82) is 0 Å². The van der Waals surface area contributed by atoms with Crippen LogP contribution in [-0.2, 0) is 60.8 Å². The van der Waals surface area contributed by atoms with Gasteiger partial charge in [0.2, 0.25) is 35.4 Å². The minimum absolute atomic E-state index is 0.0148. The highest BCUT2D eigenvalue weighted by Gasteiger charge is 2.44. The molecule has 0 spiro atoms. The van der Waals surface area contributed by atoms with E-state index in [4.69, 9.17) is 19.9 Å². The van der Waals surface area contributed by atoms with Crippen molar-refractivity contribution in [3.05, 3.63) is 65.7 Å². The standard InChI is InChI=1S/C61H98N10O13/c1-16-39(10)52(47(82-14)33-48(72)71-31-21-25-46(71)53(83-15)40(11)54(73)67-45(59(78)79)32-41-22-18-17-19-23-41)69(12)58(77)50(36(4)5)68-57(76)51(37(6)7)70(13)61(81)84-34-42-26-28-43(29-27-42)65-55(74)44(24-20-30-63-60(62)80)66-56(75)49(35(2)3)64-38(8)9/h17-19,22-23,26-29,35-40,44-47,49-53,64H,16,20-21,24-25,30-34H2,1-15H3,(H,65,74)(H,66,75)(H,67,73)(H,68,76)(H,78,79)(H3,62,63,80)/t39-,40+,44-,45?,46?,47+,49-,50-,51-,52-,53+/m0/s1. The van der Waals surface area contributed by atoms with Crippen LogP contribution in [0.4, 0.5) is 15.3 Å². The van der Waals surface area contributed by atoms with E-state index in [1.807, 2.05) is 47.6 Å². The lowest BCUT2D eigenvalue weighted by Gasteiger charge is -2.41. The number of aliphatic carboxylic acids is 1. The van der Waals surface area contributed by atoms with Gasteiger partial charge in [0.1, 0.15) is 30.8 Å². The number of primary amides is 1. The number of amides is 9. The number of ether oxygens (including phenoxy) is 3. The number of hydrogen-bond acceptors (Lipinski definition) is 13. The Morgan fingerprint density at radius 2 is 1.35 bits per heavy atom. The lowest BCUT2D eigenvalue weighted by Crippen LogP contribution is -2.60. The lowest BCUT2D eigenvalue weighted by molar-refractivity contribution is -0.148. The second-order valence-electron chi connectivity index (χ2n) is 23.5. The molecule has 2 aromatic carbocycles. The maximum absolute atomic E-state index is 14.8. The lowest BCUT2D eigenvalue weighted by atomic mass is 9.89. The van der Waals surface area contributed by atoms with Gasteiger partial charge < -0.3 is 66.8 Å². The summed E-state index contributed by atoms with van der Waals surface area (Å²) < 4.78 is 17.7. The SMILES string of the molecule is CC[C@H](C)[C@@H]([C@@H](CC(=O)N1CCCC1[C@H](OC)[C@@H](C)C(=O)NC(Cc1ccccc1)C(=O)O)OC)N(C)C(=O)[C@@H](NC(=O)[C@H](C(C)C)N(C)C(=O)OCc1ccc(NC(=O)[C@H](CCCNC(N)=O)NC(=O)[C@@H](NC(C)C)C(C)C)cc1)C(C)C. The Morgan fingerprint density at radius 3 is 1.88 bits per heavy atom. The zero-order valence-corrected chi connectivity index (χ0v) is 52.2. The highest BCUT2D eigenvalue weighted by atomic mass is 16.6. The van der Waals surface area contributed by atoms with E-state index in [2.05, 4.69) is 31.9 Å². The number of benzene rings is 2. The van der Waals surface area contributed by atoms with E-state index < -0.39 is 114 Å². The largest absolute Gasteiger partial charge is 0.480 e. The Balaban J connectivity index is 1.72. The maximum atomic E-state index is 14.8. The smallest absolute Gasteiger partial charge is 0.410 e. The van der Waals surface area contributed by atoms with Crippen LogP contribution in [0.5, 0.6) is 0 Å². The van der Waals surface area contributed by atoms with E-state index in [0.29, 0.717) is 43.5 Å². The Morgan fingerprint density at radius 1 is 0.726 bits per heavy atom. The highest BCUT2D eigenvalue weighted by molar-refractivity contribution is 5.98. The summed E-state index contributed by atoms with van der Waals surface area (Å²) in [6.45, 7) is 20.8. The quantitative estimate of drug-likeness (QED) is 0.0426. The molecule has 84 heavy (non-hydrogen) atoms. The predicted octanol–water partition coefficient (Wildman–Crippen LogP) is 5.05. The van der Waals surface area contributed by atoms with E-state index in [-0.39, 0.29) is 62.1 Å². The highest BCUT2D eigenvalue weighted by Crippen LogP contribution is 2.30. The molecule has 470 valence electrons. The van der Waals surface area contributed by atoms with Crippen LogP contribution in [0.15, 0.2) is 54.6 Å². The molecule has 1 fully saturated rings. The fraction of sp³-hybridized carbons (Fsp3) is 0.656. The normalized spacial score (nSPS) is 16.9. The van der Waals surface area contributed by atoms with Crippen LogP contribution in [0, 0.1) is 29.6 Å². The minimum Gasteiger partial charge on any atom is -0.480 e. The van der Waals surface area contributed by atoms with Gasteiger partial charge in [0.25, 0.3) is 0 Å². The Hall–Kier alpha value is -6.85. The van der Waals surface area contributed by atoms with Crippen LogP contribution in [0.2, 0.25) is 0 Å². The predicted molar refractivity (Wildman–Crippen MR) is 320 cm³/mol. The Kier molecular flexibility index (Phi) is 29.6. The molecule has 0 saturated carbocycles. The summed E-state index contributed by atoms with van der Waals surface area (Å²) in [5.41, 5.74) is 6.95. The average Bonchev–Trinajstić information content (AvgIpc) is 4.10. The number of hydrogen-bond donors (Lipinski definition) is 8. The summed E-state index contributed by atoms with van der Waals surface area (Å²) >= 11 is 0. The zero-order chi connectivity index (χ0) is 63.1. The number of nitrogens with one attached hydrogen (secondary N) is 6. The van der Waals surface area contributed by atoms with Crippen LogP contribution in [-0.4, -0.2) is 175 Å². The molecule has 2 unspecified atom stereocenters. The Bertz CT molecular complexity index is 2460. The first-order chi connectivity index (χ1) is 39.6. The number of likely N-dealkylation sites (tertiary alicyclic amines) is 1. The van der Waals surface area contributed by atoms with Gasteiger partial charge in [-0.25, -0.2) is 14.4 Å². The number of carboxylic acid groups (broad SMARTS) is 1. The molecule has 2 aromatic rings. The Labute approximate surface area is 497 Å². The van der Waals surface area contributed by atoms with Crippen LogP contribution in [0.1, 0.15) is 126 Å². The molecule has 1 aliphatic rings. The first kappa shape index (κ1) is 71.4. The van der Waals surface area contributed by atoms with Crippen molar-refractivity contribution in [1.82, 2.24) is 41.3 Å². The van der Waals surface area contributed by atoms with Gasteiger partial charge in [0.15, 0.2) is 0 Å². The van der Waals surface area contributed by atoms with Crippen molar-refractivity contribution in [3.8, 4) is 0 Å². The third kappa shape index (κ3) is 21.3. The molecule has 3 rings (SSSR count). The number of likely N-dealkylation sites (N-methyl/N-ethyl adjacent to an activating group) is 2. The van der Waals surface area contributed by atoms with E-state index >= 15 is 0 Å². The molecule has 9 amide bonds. The monoisotopic (exact) mass is 1180 g/mol. The molecular formula is C61H98N10O13. The van der Waals surface area contributed by atoms with E-state index in [9.17, 15) is 48.3 Å². The minimum atomic E-state index is -1.18. The molecule has 11 atom stereocenters. The molecule has 0 radical (unpaired) electrons. The van der Waals surface area contributed by atoms with Crippen LogP contribution < -0.4 is 37.6 Å². The van der Waals surface area contributed by atoms with Gasteiger partial charge in [-0.2, -0.15) is 0 Å². The topological polar surface area (TPSA) is 309 Å². The number of carbonyl (C=O) groups excluding carboxylic acids is 8. The summed E-state index contributed by atoms with van der Waals surface area (Å²) in [4.78, 5) is 126. The molecule has 1 heterocycles.